The Labute approximate surface area is 166 Å². The summed E-state index contributed by atoms with van der Waals surface area (Å²) in [4.78, 5) is 10.4. The molecule has 0 atom stereocenters. The van der Waals surface area contributed by atoms with Crippen molar-refractivity contribution in [2.45, 2.75) is 6.54 Å². The van der Waals surface area contributed by atoms with Gasteiger partial charge in [-0.05, 0) is 29.8 Å². The highest BCUT2D eigenvalue weighted by molar-refractivity contribution is 14.0. The van der Waals surface area contributed by atoms with E-state index in [9.17, 15) is 0 Å². The van der Waals surface area contributed by atoms with Crippen molar-refractivity contribution in [1.82, 2.24) is 15.2 Å². The summed E-state index contributed by atoms with van der Waals surface area (Å²) in [6, 6.07) is 11.8. The third-order valence-electron chi connectivity index (χ3n) is 3.44. The quantitative estimate of drug-likeness (QED) is 0.301. The first kappa shape index (κ1) is 21.0. The van der Waals surface area contributed by atoms with Gasteiger partial charge < -0.3 is 19.7 Å². The van der Waals surface area contributed by atoms with Crippen molar-refractivity contribution in [2.75, 3.05) is 34.4 Å². The second-order valence-electron chi connectivity index (χ2n) is 5.22. The van der Waals surface area contributed by atoms with Crippen LogP contribution in [0.15, 0.2) is 53.8 Å². The van der Waals surface area contributed by atoms with E-state index in [1.807, 2.05) is 43.4 Å². The fourth-order valence-corrected chi connectivity index (χ4v) is 2.23. The van der Waals surface area contributed by atoms with E-state index in [1.54, 1.807) is 26.6 Å². The first-order valence-electron chi connectivity index (χ1n) is 7.80. The molecule has 25 heavy (non-hydrogen) atoms. The van der Waals surface area contributed by atoms with E-state index in [0.29, 0.717) is 13.2 Å². The molecular formula is C18H25IN4O2. The molecule has 2 rings (SSSR count). The van der Waals surface area contributed by atoms with Crippen molar-refractivity contribution in [3.05, 3.63) is 54.4 Å². The third kappa shape index (κ3) is 7.16. The Hall–Kier alpha value is -2.03. The number of aromatic nitrogens is 1. The number of hydrogen-bond donors (Lipinski definition) is 1. The summed E-state index contributed by atoms with van der Waals surface area (Å²) in [5, 5.41) is 3.29. The average molecular weight is 456 g/mol. The Morgan fingerprint density at radius 1 is 1.20 bits per heavy atom. The Balaban J connectivity index is 0.00000312. The molecule has 1 N–H and O–H groups in total. The number of halogens is 1. The zero-order valence-electron chi connectivity index (χ0n) is 14.8. The van der Waals surface area contributed by atoms with Gasteiger partial charge in [0.15, 0.2) is 5.96 Å². The lowest BCUT2D eigenvalue weighted by atomic mass is 10.2. The minimum absolute atomic E-state index is 0. The number of nitrogens with one attached hydrogen (secondary N) is 1. The molecule has 7 heteroatoms. The Kier molecular flexibility index (Phi) is 9.68. The number of aliphatic imine (C=N–C) groups is 1. The zero-order valence-corrected chi connectivity index (χ0v) is 17.1. The number of benzene rings is 1. The lowest BCUT2D eigenvalue weighted by molar-refractivity contribution is 0.318. The van der Waals surface area contributed by atoms with Crippen LogP contribution in [0.2, 0.25) is 0 Å². The maximum absolute atomic E-state index is 5.61. The highest BCUT2D eigenvalue weighted by Gasteiger charge is 2.06. The smallest absolute Gasteiger partial charge is 0.193 e. The molecule has 0 aliphatic rings. The van der Waals surface area contributed by atoms with Crippen LogP contribution in [0, 0.1) is 0 Å². The zero-order chi connectivity index (χ0) is 17.2. The summed E-state index contributed by atoms with van der Waals surface area (Å²) in [5.41, 5.74) is 1.19. The minimum Gasteiger partial charge on any atom is -0.497 e. The lowest BCUT2D eigenvalue weighted by Crippen LogP contribution is -2.40. The summed E-state index contributed by atoms with van der Waals surface area (Å²) in [7, 11) is 5.44. The summed E-state index contributed by atoms with van der Waals surface area (Å²) >= 11 is 0. The molecule has 0 fully saturated rings. The summed E-state index contributed by atoms with van der Waals surface area (Å²) in [5.74, 6) is 2.44. The Morgan fingerprint density at radius 3 is 2.56 bits per heavy atom. The molecule has 0 spiro atoms. The van der Waals surface area contributed by atoms with Crippen LogP contribution in [0.4, 0.5) is 0 Å². The van der Waals surface area contributed by atoms with Gasteiger partial charge in [-0.15, -0.1) is 24.0 Å². The van der Waals surface area contributed by atoms with Crippen molar-refractivity contribution in [3.63, 3.8) is 0 Å². The second-order valence-corrected chi connectivity index (χ2v) is 5.22. The molecule has 1 aromatic carbocycles. The van der Waals surface area contributed by atoms with E-state index in [-0.39, 0.29) is 24.0 Å². The number of pyridine rings is 1. The number of hydrogen-bond acceptors (Lipinski definition) is 4. The van der Waals surface area contributed by atoms with E-state index >= 15 is 0 Å². The van der Waals surface area contributed by atoms with Crippen molar-refractivity contribution < 1.29 is 9.47 Å². The SMILES string of the molecule is CN=C(NCCOc1cccnc1)N(C)Cc1ccc(OC)cc1.I. The molecule has 1 heterocycles. The number of rotatable bonds is 7. The number of nitrogens with zero attached hydrogens (tertiary/aromatic N) is 3. The molecule has 0 bridgehead atoms. The predicted molar refractivity (Wildman–Crippen MR) is 111 cm³/mol. The molecule has 0 unspecified atom stereocenters. The Bertz CT molecular complexity index is 635. The Morgan fingerprint density at radius 2 is 1.96 bits per heavy atom. The van der Waals surface area contributed by atoms with Crippen molar-refractivity contribution in [2.24, 2.45) is 4.99 Å². The molecule has 2 aromatic rings. The molecule has 136 valence electrons. The van der Waals surface area contributed by atoms with Gasteiger partial charge in [0.25, 0.3) is 0 Å². The molecule has 0 radical (unpaired) electrons. The van der Waals surface area contributed by atoms with Crippen molar-refractivity contribution in [3.8, 4) is 11.5 Å². The van der Waals surface area contributed by atoms with Crippen molar-refractivity contribution >= 4 is 29.9 Å². The van der Waals surface area contributed by atoms with Crippen LogP contribution in [0.1, 0.15) is 5.56 Å². The topological polar surface area (TPSA) is 59.0 Å². The van der Waals surface area contributed by atoms with Gasteiger partial charge in [0.05, 0.1) is 19.9 Å². The van der Waals surface area contributed by atoms with Gasteiger partial charge in [-0.2, -0.15) is 0 Å². The van der Waals surface area contributed by atoms with Gasteiger partial charge in [-0.1, -0.05) is 12.1 Å². The van der Waals surface area contributed by atoms with Crippen LogP contribution >= 0.6 is 24.0 Å². The van der Waals surface area contributed by atoms with Gasteiger partial charge in [0.2, 0.25) is 0 Å². The molecule has 1 aromatic heterocycles. The predicted octanol–water partition coefficient (Wildman–Crippen LogP) is 2.79. The third-order valence-corrected chi connectivity index (χ3v) is 3.44. The van der Waals surface area contributed by atoms with E-state index in [0.717, 1.165) is 24.0 Å². The number of ether oxygens (including phenoxy) is 2. The average Bonchev–Trinajstić information content (AvgIpc) is 2.63. The van der Waals surface area contributed by atoms with Crippen molar-refractivity contribution in [1.29, 1.82) is 0 Å². The first-order chi connectivity index (χ1) is 11.7. The first-order valence-corrected chi connectivity index (χ1v) is 7.80. The van der Waals surface area contributed by atoms with Crippen LogP contribution in [-0.2, 0) is 6.54 Å². The normalized spacial score (nSPS) is 10.6. The maximum atomic E-state index is 5.61. The van der Waals surface area contributed by atoms with E-state index < -0.39 is 0 Å². The fourth-order valence-electron chi connectivity index (χ4n) is 2.23. The molecule has 0 amide bonds. The van der Waals surface area contributed by atoms with Crippen LogP contribution in [0.3, 0.4) is 0 Å². The molecule has 0 aliphatic heterocycles. The van der Waals surface area contributed by atoms with Crippen LogP contribution in [0.5, 0.6) is 11.5 Å². The number of guanidine groups is 1. The second kappa shape index (κ2) is 11.5. The molecule has 0 saturated carbocycles. The monoisotopic (exact) mass is 456 g/mol. The van der Waals surface area contributed by atoms with E-state index in [4.69, 9.17) is 9.47 Å². The summed E-state index contributed by atoms with van der Waals surface area (Å²) < 4.78 is 10.8. The fraction of sp³-hybridized carbons (Fsp3) is 0.333. The van der Waals surface area contributed by atoms with Crippen LogP contribution in [0.25, 0.3) is 0 Å². The van der Waals surface area contributed by atoms with Gasteiger partial charge in [-0.3, -0.25) is 9.98 Å². The van der Waals surface area contributed by atoms with E-state index in [2.05, 4.69) is 20.2 Å². The maximum Gasteiger partial charge on any atom is 0.193 e. The molecular weight excluding hydrogens is 431 g/mol. The summed E-state index contributed by atoms with van der Waals surface area (Å²) in [6.07, 6.45) is 3.42. The van der Waals surface area contributed by atoms with Gasteiger partial charge >= 0.3 is 0 Å². The van der Waals surface area contributed by atoms with E-state index in [1.165, 1.54) is 5.56 Å². The summed E-state index contributed by atoms with van der Waals surface area (Å²) in [6.45, 7) is 1.96. The highest BCUT2D eigenvalue weighted by atomic mass is 127. The van der Waals surface area contributed by atoms with Crippen LogP contribution < -0.4 is 14.8 Å². The van der Waals surface area contributed by atoms with Crippen LogP contribution in [-0.4, -0.2) is 50.2 Å². The van der Waals surface area contributed by atoms with Gasteiger partial charge in [0, 0.05) is 26.8 Å². The molecule has 0 saturated heterocycles. The highest BCUT2D eigenvalue weighted by Crippen LogP contribution is 2.12. The largest absolute Gasteiger partial charge is 0.497 e. The minimum atomic E-state index is 0. The lowest BCUT2D eigenvalue weighted by Gasteiger charge is -2.22. The standard InChI is InChI=1S/C18H24N4O2.HI/c1-19-18(21-11-12-24-17-5-4-10-20-13-17)22(2)14-15-6-8-16(23-3)9-7-15;/h4-10,13H,11-12,14H2,1-3H3,(H,19,21);1H. The molecule has 6 nitrogen and oxygen atoms in total. The number of methoxy groups -OCH3 is 1. The van der Waals surface area contributed by atoms with Gasteiger partial charge in [0.1, 0.15) is 18.1 Å². The molecule has 0 aliphatic carbocycles. The van der Waals surface area contributed by atoms with Gasteiger partial charge in [-0.25, -0.2) is 0 Å².